The van der Waals surface area contributed by atoms with Crippen molar-refractivity contribution in [3.05, 3.63) is 35.9 Å². The van der Waals surface area contributed by atoms with Crippen molar-refractivity contribution in [2.45, 2.75) is 24.6 Å². The van der Waals surface area contributed by atoms with Gasteiger partial charge in [0.15, 0.2) is 0 Å². The maximum atomic E-state index is 5.62. The Hall–Kier alpha value is -0.795. The van der Waals surface area contributed by atoms with Gasteiger partial charge in [-0.1, -0.05) is 30.3 Å². The van der Waals surface area contributed by atoms with Gasteiger partial charge in [0.2, 0.25) is 0 Å². The lowest BCUT2D eigenvalue weighted by Crippen LogP contribution is -2.37. The SMILES string of the molecule is BC1CN(Cc2ccccc2)CC2OC12. The predicted molar refractivity (Wildman–Crippen MR) is 62.7 cm³/mol. The summed E-state index contributed by atoms with van der Waals surface area (Å²) in [4.78, 5) is 2.51. The molecule has 1 aromatic carbocycles. The molecule has 0 saturated carbocycles. The Morgan fingerprint density at radius 3 is 2.80 bits per heavy atom. The van der Waals surface area contributed by atoms with Gasteiger partial charge in [-0.15, -0.1) is 0 Å². The quantitative estimate of drug-likeness (QED) is 0.516. The number of nitrogens with zero attached hydrogens (tertiary/aromatic N) is 1. The summed E-state index contributed by atoms with van der Waals surface area (Å²) in [5.41, 5.74) is 1.41. The van der Waals surface area contributed by atoms with Crippen LogP contribution in [0.4, 0.5) is 0 Å². The van der Waals surface area contributed by atoms with Crippen molar-refractivity contribution in [1.29, 1.82) is 0 Å². The third kappa shape index (κ3) is 1.94. The number of piperidine rings is 1. The van der Waals surface area contributed by atoms with Gasteiger partial charge in [0, 0.05) is 13.1 Å². The van der Waals surface area contributed by atoms with Gasteiger partial charge in [-0.05, 0) is 17.9 Å². The third-order valence-electron chi connectivity index (χ3n) is 3.42. The van der Waals surface area contributed by atoms with E-state index in [1.54, 1.807) is 0 Å². The minimum atomic E-state index is 0.525. The highest BCUT2D eigenvalue weighted by molar-refractivity contribution is 6.12. The predicted octanol–water partition coefficient (Wildman–Crippen LogP) is 0.691. The van der Waals surface area contributed by atoms with Crippen LogP contribution >= 0.6 is 0 Å². The molecule has 2 aliphatic rings. The number of epoxide rings is 1. The summed E-state index contributed by atoms with van der Waals surface area (Å²) in [6.07, 6.45) is 1.09. The topological polar surface area (TPSA) is 15.8 Å². The molecule has 0 amide bonds. The van der Waals surface area contributed by atoms with E-state index in [1.807, 2.05) is 0 Å². The van der Waals surface area contributed by atoms with Crippen molar-refractivity contribution in [3.8, 4) is 0 Å². The van der Waals surface area contributed by atoms with Crippen LogP contribution in [0.2, 0.25) is 5.82 Å². The Morgan fingerprint density at radius 2 is 2.07 bits per heavy atom. The summed E-state index contributed by atoms with van der Waals surface area (Å²) in [7, 11) is 2.29. The van der Waals surface area contributed by atoms with Gasteiger partial charge in [-0.2, -0.15) is 0 Å². The van der Waals surface area contributed by atoms with Crippen molar-refractivity contribution in [2.75, 3.05) is 13.1 Å². The highest BCUT2D eigenvalue weighted by Crippen LogP contribution is 2.37. The van der Waals surface area contributed by atoms with Crippen LogP contribution in [-0.2, 0) is 11.3 Å². The molecule has 3 rings (SSSR count). The first kappa shape index (κ1) is 9.43. The van der Waals surface area contributed by atoms with E-state index >= 15 is 0 Å². The Balaban J connectivity index is 1.64. The van der Waals surface area contributed by atoms with E-state index in [0.717, 1.165) is 13.1 Å². The fourth-order valence-corrected chi connectivity index (χ4v) is 2.61. The molecule has 2 aliphatic heterocycles. The molecule has 2 nitrogen and oxygen atoms in total. The summed E-state index contributed by atoms with van der Waals surface area (Å²) in [5.74, 6) is 0.701. The average Bonchev–Trinajstić information content (AvgIpc) is 2.99. The van der Waals surface area contributed by atoms with E-state index < -0.39 is 0 Å². The van der Waals surface area contributed by atoms with E-state index in [2.05, 4.69) is 43.1 Å². The summed E-state index contributed by atoms with van der Waals surface area (Å²) in [5, 5.41) is 0. The van der Waals surface area contributed by atoms with E-state index in [4.69, 9.17) is 4.74 Å². The van der Waals surface area contributed by atoms with Crippen LogP contribution in [0.15, 0.2) is 30.3 Å². The smallest absolute Gasteiger partial charge is 0.110 e. The molecule has 2 fully saturated rings. The monoisotopic (exact) mass is 201 g/mol. The van der Waals surface area contributed by atoms with Gasteiger partial charge < -0.3 is 4.74 Å². The lowest BCUT2D eigenvalue weighted by molar-refractivity contribution is 0.238. The molecule has 0 radical (unpaired) electrons. The zero-order chi connectivity index (χ0) is 10.3. The average molecular weight is 201 g/mol. The van der Waals surface area contributed by atoms with Crippen molar-refractivity contribution >= 4 is 7.85 Å². The minimum Gasteiger partial charge on any atom is -0.369 e. The summed E-state index contributed by atoms with van der Waals surface area (Å²) < 4.78 is 5.62. The third-order valence-corrected chi connectivity index (χ3v) is 3.42. The molecule has 0 aliphatic carbocycles. The first-order valence-electron chi connectivity index (χ1n) is 5.74. The molecule has 0 N–H and O–H groups in total. The highest BCUT2D eigenvalue weighted by Gasteiger charge is 2.47. The molecular formula is C12H16BNO. The number of hydrogen-bond donors (Lipinski definition) is 0. The van der Waals surface area contributed by atoms with E-state index in [1.165, 1.54) is 12.1 Å². The fourth-order valence-electron chi connectivity index (χ4n) is 2.61. The van der Waals surface area contributed by atoms with Gasteiger partial charge in [-0.3, -0.25) is 4.90 Å². The molecule has 15 heavy (non-hydrogen) atoms. The van der Waals surface area contributed by atoms with Gasteiger partial charge in [0.05, 0.1) is 12.2 Å². The van der Waals surface area contributed by atoms with Crippen LogP contribution in [-0.4, -0.2) is 38.0 Å². The second kappa shape index (κ2) is 3.65. The number of hydrogen-bond acceptors (Lipinski definition) is 2. The Kier molecular flexibility index (Phi) is 2.30. The summed E-state index contributed by atoms with van der Waals surface area (Å²) >= 11 is 0. The van der Waals surface area contributed by atoms with Crippen LogP contribution < -0.4 is 0 Å². The molecule has 2 heterocycles. The number of fused-ring (bicyclic) bond motifs is 1. The van der Waals surface area contributed by atoms with Gasteiger partial charge in [0.1, 0.15) is 7.85 Å². The lowest BCUT2D eigenvalue weighted by atomic mass is 9.80. The van der Waals surface area contributed by atoms with Gasteiger partial charge >= 0.3 is 0 Å². The molecule has 0 spiro atoms. The van der Waals surface area contributed by atoms with Crippen LogP contribution in [0, 0.1) is 0 Å². The van der Waals surface area contributed by atoms with Gasteiger partial charge in [-0.25, -0.2) is 0 Å². The number of benzene rings is 1. The molecular weight excluding hydrogens is 185 g/mol. The fraction of sp³-hybridized carbons (Fsp3) is 0.500. The molecule has 0 bridgehead atoms. The minimum absolute atomic E-state index is 0.525. The zero-order valence-corrected chi connectivity index (χ0v) is 9.10. The van der Waals surface area contributed by atoms with Gasteiger partial charge in [0.25, 0.3) is 0 Å². The van der Waals surface area contributed by atoms with Crippen LogP contribution in [0.25, 0.3) is 0 Å². The first-order chi connectivity index (χ1) is 7.33. The Labute approximate surface area is 91.6 Å². The molecule has 1 aromatic rings. The number of rotatable bonds is 2. The molecule has 3 heteroatoms. The van der Waals surface area contributed by atoms with Crippen LogP contribution in [0.5, 0.6) is 0 Å². The van der Waals surface area contributed by atoms with Crippen LogP contribution in [0.3, 0.4) is 0 Å². The second-order valence-corrected chi connectivity index (χ2v) is 4.80. The molecule has 78 valence electrons. The Bertz CT molecular complexity index is 343. The summed E-state index contributed by atoms with van der Waals surface area (Å²) in [6.45, 7) is 3.36. The number of ether oxygens (including phenoxy) is 1. The maximum Gasteiger partial charge on any atom is 0.110 e. The largest absolute Gasteiger partial charge is 0.369 e. The van der Waals surface area contributed by atoms with Crippen molar-refractivity contribution < 1.29 is 4.74 Å². The molecule has 3 atom stereocenters. The van der Waals surface area contributed by atoms with Crippen molar-refractivity contribution in [2.24, 2.45) is 0 Å². The van der Waals surface area contributed by atoms with Crippen LogP contribution in [0.1, 0.15) is 5.56 Å². The van der Waals surface area contributed by atoms with Crippen molar-refractivity contribution in [3.63, 3.8) is 0 Å². The van der Waals surface area contributed by atoms with Crippen molar-refractivity contribution in [1.82, 2.24) is 4.90 Å². The summed E-state index contributed by atoms with van der Waals surface area (Å²) in [6, 6.07) is 10.7. The Morgan fingerprint density at radius 1 is 1.27 bits per heavy atom. The molecule has 0 aromatic heterocycles. The van der Waals surface area contributed by atoms with E-state index in [-0.39, 0.29) is 0 Å². The second-order valence-electron chi connectivity index (χ2n) is 4.80. The van der Waals surface area contributed by atoms with E-state index in [0.29, 0.717) is 18.0 Å². The van der Waals surface area contributed by atoms with E-state index in [9.17, 15) is 0 Å². The zero-order valence-electron chi connectivity index (χ0n) is 9.10. The maximum absolute atomic E-state index is 5.62. The first-order valence-corrected chi connectivity index (χ1v) is 5.74. The molecule has 3 unspecified atom stereocenters. The molecule has 2 saturated heterocycles. The lowest BCUT2D eigenvalue weighted by Gasteiger charge is -2.28. The number of likely N-dealkylation sites (tertiary alicyclic amines) is 1. The standard InChI is InChI=1S/C12H16BNO/c13-10-7-14(8-11-12(10)15-11)6-9-4-2-1-3-5-9/h1-5,10-12H,6-8,13H2. The normalized spacial score (nSPS) is 34.8. The highest BCUT2D eigenvalue weighted by atomic mass is 16.6.